The highest BCUT2D eigenvalue weighted by Gasteiger charge is 2.15. The number of hydrogen-bond donors (Lipinski definition) is 1. The van der Waals surface area contributed by atoms with Gasteiger partial charge in [-0.25, -0.2) is 0 Å². The molecular weight excluding hydrogens is 252 g/mol. The van der Waals surface area contributed by atoms with E-state index < -0.39 is 0 Å². The second-order valence-corrected chi connectivity index (χ2v) is 5.69. The lowest BCUT2D eigenvalue weighted by Gasteiger charge is -2.17. The second kappa shape index (κ2) is 6.46. The van der Waals surface area contributed by atoms with E-state index in [2.05, 4.69) is 29.3 Å². The van der Waals surface area contributed by atoms with Crippen molar-refractivity contribution < 1.29 is 9.47 Å². The molecule has 3 rings (SSSR count). The van der Waals surface area contributed by atoms with Crippen molar-refractivity contribution in [3.63, 3.8) is 0 Å². The molecule has 1 N–H and O–H groups in total. The van der Waals surface area contributed by atoms with E-state index in [-0.39, 0.29) is 0 Å². The van der Waals surface area contributed by atoms with E-state index in [1.807, 2.05) is 6.07 Å². The van der Waals surface area contributed by atoms with Crippen LogP contribution in [-0.2, 0) is 0 Å². The summed E-state index contributed by atoms with van der Waals surface area (Å²) >= 11 is 0. The Balaban J connectivity index is 1.43. The van der Waals surface area contributed by atoms with Crippen LogP contribution in [0.1, 0.15) is 37.8 Å². The van der Waals surface area contributed by atoms with Gasteiger partial charge in [-0.15, -0.1) is 0 Å². The summed E-state index contributed by atoms with van der Waals surface area (Å²) in [4.78, 5) is 2.56. The Morgan fingerprint density at radius 2 is 2.00 bits per heavy atom. The molecule has 2 aliphatic rings. The monoisotopic (exact) mass is 276 g/mol. The first-order valence-electron chi connectivity index (χ1n) is 7.68. The van der Waals surface area contributed by atoms with Gasteiger partial charge in [-0.2, -0.15) is 0 Å². The van der Waals surface area contributed by atoms with Crippen molar-refractivity contribution in [2.45, 2.75) is 32.2 Å². The first-order valence-corrected chi connectivity index (χ1v) is 7.68. The van der Waals surface area contributed by atoms with E-state index in [9.17, 15) is 0 Å². The van der Waals surface area contributed by atoms with Crippen LogP contribution in [0.3, 0.4) is 0 Å². The second-order valence-electron chi connectivity index (χ2n) is 5.69. The molecule has 1 aromatic carbocycles. The third-order valence-electron chi connectivity index (χ3n) is 4.20. The van der Waals surface area contributed by atoms with Gasteiger partial charge in [-0.1, -0.05) is 6.07 Å². The minimum Gasteiger partial charge on any atom is -0.454 e. The number of likely N-dealkylation sites (tertiary alicyclic amines) is 1. The highest BCUT2D eigenvalue weighted by atomic mass is 16.7. The Bertz CT molecular complexity index is 444. The standard InChI is InChI=1S/C16H24N2O2/c1-13(17-7-4-10-18-8-2-3-9-18)14-5-6-15-16(11-14)20-12-19-15/h5-6,11,13,17H,2-4,7-10,12H2,1H3. The van der Waals surface area contributed by atoms with Gasteiger partial charge in [0, 0.05) is 6.04 Å². The maximum atomic E-state index is 5.43. The Labute approximate surface area is 121 Å². The van der Waals surface area contributed by atoms with Gasteiger partial charge in [-0.05, 0) is 70.1 Å². The molecule has 4 heteroatoms. The number of hydrogen-bond acceptors (Lipinski definition) is 4. The van der Waals surface area contributed by atoms with Gasteiger partial charge in [0.25, 0.3) is 0 Å². The van der Waals surface area contributed by atoms with Crippen LogP contribution in [0.2, 0.25) is 0 Å². The summed E-state index contributed by atoms with van der Waals surface area (Å²) in [6, 6.07) is 6.55. The molecule has 0 spiro atoms. The van der Waals surface area contributed by atoms with Crippen molar-refractivity contribution in [1.29, 1.82) is 0 Å². The fourth-order valence-electron chi connectivity index (χ4n) is 2.93. The summed E-state index contributed by atoms with van der Waals surface area (Å²) in [6.45, 7) is 7.41. The topological polar surface area (TPSA) is 33.7 Å². The molecule has 0 radical (unpaired) electrons. The first-order chi connectivity index (χ1) is 9.83. The van der Waals surface area contributed by atoms with Crippen LogP contribution in [0.5, 0.6) is 11.5 Å². The van der Waals surface area contributed by atoms with Crippen LogP contribution < -0.4 is 14.8 Å². The zero-order valence-corrected chi connectivity index (χ0v) is 12.2. The maximum absolute atomic E-state index is 5.43. The number of fused-ring (bicyclic) bond motifs is 1. The summed E-state index contributed by atoms with van der Waals surface area (Å²) in [6.07, 6.45) is 3.97. The highest BCUT2D eigenvalue weighted by Crippen LogP contribution is 2.34. The fraction of sp³-hybridized carbons (Fsp3) is 0.625. The molecule has 1 atom stereocenters. The third-order valence-corrected chi connectivity index (χ3v) is 4.20. The van der Waals surface area contributed by atoms with Gasteiger partial charge in [-0.3, -0.25) is 0 Å². The van der Waals surface area contributed by atoms with Crippen molar-refractivity contribution in [3.05, 3.63) is 23.8 Å². The number of rotatable bonds is 6. The van der Waals surface area contributed by atoms with Crippen molar-refractivity contribution >= 4 is 0 Å². The average molecular weight is 276 g/mol. The first kappa shape index (κ1) is 13.7. The van der Waals surface area contributed by atoms with E-state index in [1.165, 1.54) is 44.5 Å². The number of ether oxygens (including phenoxy) is 2. The smallest absolute Gasteiger partial charge is 0.231 e. The van der Waals surface area contributed by atoms with E-state index in [1.54, 1.807) is 0 Å². The molecule has 0 bridgehead atoms. The predicted molar refractivity (Wildman–Crippen MR) is 79.3 cm³/mol. The lowest BCUT2D eigenvalue weighted by atomic mass is 10.1. The van der Waals surface area contributed by atoms with Gasteiger partial charge in [0.2, 0.25) is 6.79 Å². The summed E-state index contributed by atoms with van der Waals surface area (Å²) < 4.78 is 10.8. The molecule has 0 amide bonds. The summed E-state index contributed by atoms with van der Waals surface area (Å²) in [5.74, 6) is 1.73. The molecule has 0 aliphatic carbocycles. The Morgan fingerprint density at radius 3 is 2.85 bits per heavy atom. The van der Waals surface area contributed by atoms with Crippen LogP contribution in [0.25, 0.3) is 0 Å². The Kier molecular flexibility index (Phi) is 4.43. The van der Waals surface area contributed by atoms with Crippen molar-refractivity contribution in [1.82, 2.24) is 10.2 Å². The maximum Gasteiger partial charge on any atom is 0.231 e. The van der Waals surface area contributed by atoms with E-state index in [0.29, 0.717) is 12.8 Å². The molecule has 2 aliphatic heterocycles. The largest absolute Gasteiger partial charge is 0.454 e. The Morgan fingerprint density at radius 1 is 1.20 bits per heavy atom. The van der Waals surface area contributed by atoms with Crippen LogP contribution in [-0.4, -0.2) is 37.9 Å². The third kappa shape index (κ3) is 3.25. The molecule has 20 heavy (non-hydrogen) atoms. The van der Waals surface area contributed by atoms with E-state index in [0.717, 1.165) is 18.0 Å². The van der Waals surface area contributed by atoms with Crippen molar-refractivity contribution in [3.8, 4) is 11.5 Å². The highest BCUT2D eigenvalue weighted by molar-refractivity contribution is 5.45. The van der Waals surface area contributed by atoms with Crippen LogP contribution >= 0.6 is 0 Å². The van der Waals surface area contributed by atoms with Gasteiger partial charge < -0.3 is 19.7 Å². The van der Waals surface area contributed by atoms with E-state index in [4.69, 9.17) is 9.47 Å². The lowest BCUT2D eigenvalue weighted by Crippen LogP contribution is -2.26. The molecule has 1 unspecified atom stereocenters. The van der Waals surface area contributed by atoms with Gasteiger partial charge in [0.05, 0.1) is 0 Å². The summed E-state index contributed by atoms with van der Waals surface area (Å²) in [5, 5.41) is 3.59. The molecule has 2 heterocycles. The molecule has 1 aromatic rings. The van der Waals surface area contributed by atoms with Crippen molar-refractivity contribution in [2.24, 2.45) is 0 Å². The average Bonchev–Trinajstić information content (AvgIpc) is 3.13. The normalized spacial score (nSPS) is 19.4. The van der Waals surface area contributed by atoms with Crippen LogP contribution in [0.15, 0.2) is 18.2 Å². The van der Waals surface area contributed by atoms with Crippen LogP contribution in [0.4, 0.5) is 0 Å². The minimum atomic E-state index is 0.344. The molecule has 1 fully saturated rings. The molecule has 0 saturated carbocycles. The summed E-state index contributed by atoms with van der Waals surface area (Å²) in [5.41, 5.74) is 1.26. The number of nitrogens with one attached hydrogen (secondary N) is 1. The minimum absolute atomic E-state index is 0.344. The molecule has 0 aromatic heterocycles. The Hall–Kier alpha value is -1.26. The molecular formula is C16H24N2O2. The number of benzene rings is 1. The van der Waals surface area contributed by atoms with Crippen LogP contribution in [0, 0.1) is 0 Å². The quantitative estimate of drug-likeness (QED) is 0.810. The van der Waals surface area contributed by atoms with Gasteiger partial charge in [0.15, 0.2) is 11.5 Å². The SMILES string of the molecule is CC(NCCCN1CCCC1)c1ccc2c(c1)OCO2. The van der Waals surface area contributed by atoms with Crippen molar-refractivity contribution in [2.75, 3.05) is 33.0 Å². The molecule has 4 nitrogen and oxygen atoms in total. The van der Waals surface area contributed by atoms with E-state index >= 15 is 0 Å². The molecule has 110 valence electrons. The zero-order valence-electron chi connectivity index (χ0n) is 12.2. The predicted octanol–water partition coefficient (Wildman–Crippen LogP) is 2.55. The lowest BCUT2D eigenvalue weighted by molar-refractivity contribution is 0.174. The number of nitrogens with zero attached hydrogens (tertiary/aromatic N) is 1. The molecule has 1 saturated heterocycles. The zero-order chi connectivity index (χ0) is 13.8. The fourth-order valence-corrected chi connectivity index (χ4v) is 2.93. The van der Waals surface area contributed by atoms with Gasteiger partial charge in [0.1, 0.15) is 0 Å². The van der Waals surface area contributed by atoms with Gasteiger partial charge >= 0.3 is 0 Å². The summed E-state index contributed by atoms with van der Waals surface area (Å²) in [7, 11) is 0.